The van der Waals surface area contributed by atoms with Gasteiger partial charge in [0.15, 0.2) is 0 Å². The zero-order chi connectivity index (χ0) is 13.7. The van der Waals surface area contributed by atoms with Crippen molar-refractivity contribution in [2.45, 2.75) is 0 Å². The van der Waals surface area contributed by atoms with Gasteiger partial charge in [0, 0.05) is 11.1 Å². The second-order valence-electron chi connectivity index (χ2n) is 3.86. The minimum absolute atomic E-state index is 0.256. The lowest BCUT2D eigenvalue weighted by molar-refractivity contribution is -0.111. The molecule has 0 aromatic heterocycles. The summed E-state index contributed by atoms with van der Waals surface area (Å²) in [6, 6.07) is 14.5. The minimum atomic E-state index is -0.256. The van der Waals surface area contributed by atoms with E-state index in [9.17, 15) is 4.79 Å². The third-order valence-electron chi connectivity index (χ3n) is 2.41. The molecule has 0 atom stereocenters. The first-order valence-electron chi connectivity index (χ1n) is 5.64. The van der Waals surface area contributed by atoms with Crippen molar-refractivity contribution in [1.29, 1.82) is 0 Å². The van der Waals surface area contributed by atoms with Crippen LogP contribution < -0.4 is 5.32 Å². The minimum Gasteiger partial charge on any atom is -0.321 e. The summed E-state index contributed by atoms with van der Waals surface area (Å²) in [5.41, 5.74) is 1.45. The largest absolute Gasteiger partial charge is 0.321 e. The lowest BCUT2D eigenvalue weighted by Crippen LogP contribution is -2.08. The predicted octanol–water partition coefficient (Wildman–Crippen LogP) is 4.65. The van der Waals surface area contributed by atoms with Gasteiger partial charge in [-0.3, -0.25) is 4.79 Å². The summed E-state index contributed by atoms with van der Waals surface area (Å²) < 4.78 is 0. The van der Waals surface area contributed by atoms with Crippen LogP contribution in [0.1, 0.15) is 5.56 Å². The molecular formula is C15H11Cl2NO. The Labute approximate surface area is 121 Å². The summed E-state index contributed by atoms with van der Waals surface area (Å²) in [5.74, 6) is -0.256. The quantitative estimate of drug-likeness (QED) is 0.820. The van der Waals surface area contributed by atoms with E-state index in [1.54, 1.807) is 24.3 Å². The number of rotatable bonds is 3. The van der Waals surface area contributed by atoms with Crippen molar-refractivity contribution in [1.82, 2.24) is 0 Å². The highest BCUT2D eigenvalue weighted by atomic mass is 35.5. The number of carbonyl (C=O) groups excluding carboxylic acids is 1. The van der Waals surface area contributed by atoms with E-state index in [2.05, 4.69) is 5.32 Å². The first-order chi connectivity index (χ1) is 9.15. The molecule has 0 bridgehead atoms. The van der Waals surface area contributed by atoms with Crippen molar-refractivity contribution in [3.8, 4) is 0 Å². The SMILES string of the molecule is O=C(/C=C/c1ccccc1)Nc1cc(Cl)ccc1Cl. The molecule has 0 fully saturated rings. The molecule has 1 N–H and O–H groups in total. The third-order valence-corrected chi connectivity index (χ3v) is 2.98. The molecule has 0 unspecified atom stereocenters. The average molecular weight is 292 g/mol. The summed E-state index contributed by atoms with van der Waals surface area (Å²) in [4.78, 5) is 11.7. The van der Waals surface area contributed by atoms with Crippen LogP contribution in [0.5, 0.6) is 0 Å². The molecular weight excluding hydrogens is 281 g/mol. The average Bonchev–Trinajstić information content (AvgIpc) is 2.42. The van der Waals surface area contributed by atoms with Crippen molar-refractivity contribution in [3.05, 3.63) is 70.2 Å². The lowest BCUT2D eigenvalue weighted by Gasteiger charge is -2.05. The van der Waals surface area contributed by atoms with Gasteiger partial charge >= 0.3 is 0 Å². The van der Waals surface area contributed by atoms with Crippen LogP contribution in [0.4, 0.5) is 5.69 Å². The van der Waals surface area contributed by atoms with Crippen molar-refractivity contribution in [2.24, 2.45) is 0 Å². The smallest absolute Gasteiger partial charge is 0.248 e. The Hall–Kier alpha value is -1.77. The van der Waals surface area contributed by atoms with Crippen LogP contribution in [0, 0.1) is 0 Å². The van der Waals surface area contributed by atoms with Crippen LogP contribution in [-0.2, 0) is 4.79 Å². The van der Waals surface area contributed by atoms with Gasteiger partial charge in [0.25, 0.3) is 0 Å². The van der Waals surface area contributed by atoms with Crippen LogP contribution in [0.3, 0.4) is 0 Å². The van der Waals surface area contributed by atoms with E-state index < -0.39 is 0 Å². The van der Waals surface area contributed by atoms with Crippen molar-refractivity contribution in [2.75, 3.05) is 5.32 Å². The van der Waals surface area contributed by atoms with E-state index >= 15 is 0 Å². The van der Waals surface area contributed by atoms with E-state index in [1.165, 1.54) is 6.08 Å². The zero-order valence-electron chi connectivity index (χ0n) is 9.94. The van der Waals surface area contributed by atoms with Crippen LogP contribution in [-0.4, -0.2) is 5.91 Å². The van der Waals surface area contributed by atoms with E-state index in [-0.39, 0.29) is 5.91 Å². The standard InChI is InChI=1S/C15H11Cl2NO/c16-12-7-8-13(17)14(10-12)18-15(19)9-6-11-4-2-1-3-5-11/h1-10H,(H,18,19)/b9-6+. The Morgan fingerprint density at radius 2 is 1.79 bits per heavy atom. The van der Waals surface area contributed by atoms with Crippen molar-refractivity contribution >= 4 is 40.9 Å². The number of halogens is 2. The Kier molecular flexibility index (Phi) is 4.61. The molecule has 0 aliphatic heterocycles. The molecule has 0 spiro atoms. The van der Waals surface area contributed by atoms with Crippen LogP contribution >= 0.6 is 23.2 Å². The van der Waals surface area contributed by atoms with Crippen LogP contribution in [0.15, 0.2) is 54.6 Å². The second-order valence-corrected chi connectivity index (χ2v) is 4.70. The number of nitrogens with one attached hydrogen (secondary N) is 1. The number of hydrogen-bond acceptors (Lipinski definition) is 1. The number of hydrogen-bond donors (Lipinski definition) is 1. The summed E-state index contributed by atoms with van der Waals surface area (Å²) in [7, 11) is 0. The van der Waals surface area contributed by atoms with Crippen molar-refractivity contribution < 1.29 is 4.79 Å². The van der Waals surface area contributed by atoms with Gasteiger partial charge in [-0.2, -0.15) is 0 Å². The van der Waals surface area contributed by atoms with Gasteiger partial charge < -0.3 is 5.32 Å². The van der Waals surface area contributed by atoms with Gasteiger partial charge in [-0.1, -0.05) is 53.5 Å². The first-order valence-corrected chi connectivity index (χ1v) is 6.40. The second kappa shape index (κ2) is 6.41. The highest BCUT2D eigenvalue weighted by Crippen LogP contribution is 2.25. The van der Waals surface area contributed by atoms with E-state index in [0.717, 1.165) is 5.56 Å². The van der Waals surface area contributed by atoms with E-state index in [0.29, 0.717) is 15.7 Å². The molecule has 96 valence electrons. The Morgan fingerprint density at radius 1 is 1.05 bits per heavy atom. The van der Waals surface area contributed by atoms with Gasteiger partial charge in [-0.05, 0) is 29.8 Å². The molecule has 19 heavy (non-hydrogen) atoms. The molecule has 0 aliphatic rings. The summed E-state index contributed by atoms with van der Waals surface area (Å²) >= 11 is 11.8. The van der Waals surface area contributed by atoms with Gasteiger partial charge in [0.1, 0.15) is 0 Å². The molecule has 0 aliphatic carbocycles. The molecule has 0 heterocycles. The molecule has 2 rings (SSSR count). The van der Waals surface area contributed by atoms with Gasteiger partial charge in [0.2, 0.25) is 5.91 Å². The zero-order valence-corrected chi connectivity index (χ0v) is 11.4. The maximum absolute atomic E-state index is 11.7. The van der Waals surface area contributed by atoms with E-state index in [4.69, 9.17) is 23.2 Å². The highest BCUT2D eigenvalue weighted by Gasteiger charge is 2.03. The predicted molar refractivity (Wildman–Crippen MR) is 80.6 cm³/mol. The number of amides is 1. The lowest BCUT2D eigenvalue weighted by atomic mass is 10.2. The van der Waals surface area contributed by atoms with E-state index in [1.807, 2.05) is 30.3 Å². The Bertz CT molecular complexity index is 609. The number of benzene rings is 2. The normalized spacial score (nSPS) is 10.6. The summed E-state index contributed by atoms with van der Waals surface area (Å²) in [6.07, 6.45) is 3.18. The number of anilines is 1. The number of carbonyl (C=O) groups is 1. The van der Waals surface area contributed by atoms with Crippen LogP contribution in [0.2, 0.25) is 10.0 Å². The highest BCUT2D eigenvalue weighted by molar-refractivity contribution is 6.35. The molecule has 2 nitrogen and oxygen atoms in total. The van der Waals surface area contributed by atoms with Gasteiger partial charge in [0.05, 0.1) is 10.7 Å². The molecule has 2 aromatic carbocycles. The maximum atomic E-state index is 11.7. The Balaban J connectivity index is 2.06. The van der Waals surface area contributed by atoms with Crippen molar-refractivity contribution in [3.63, 3.8) is 0 Å². The molecule has 2 aromatic rings. The molecule has 0 saturated heterocycles. The van der Waals surface area contributed by atoms with Gasteiger partial charge in [-0.15, -0.1) is 0 Å². The first kappa shape index (κ1) is 13.7. The molecule has 0 saturated carbocycles. The summed E-state index contributed by atoms with van der Waals surface area (Å²) in [5, 5.41) is 3.65. The topological polar surface area (TPSA) is 29.1 Å². The summed E-state index contributed by atoms with van der Waals surface area (Å²) in [6.45, 7) is 0. The third kappa shape index (κ3) is 4.12. The molecule has 4 heteroatoms. The molecule has 1 amide bonds. The fourth-order valence-electron chi connectivity index (χ4n) is 1.50. The van der Waals surface area contributed by atoms with Crippen LogP contribution in [0.25, 0.3) is 6.08 Å². The van der Waals surface area contributed by atoms with Gasteiger partial charge in [-0.25, -0.2) is 0 Å². The fraction of sp³-hybridized carbons (Fsp3) is 0. The monoisotopic (exact) mass is 291 g/mol. The Morgan fingerprint density at radius 3 is 2.53 bits per heavy atom. The molecule has 0 radical (unpaired) electrons. The maximum Gasteiger partial charge on any atom is 0.248 e. The fourth-order valence-corrected chi connectivity index (χ4v) is 1.84.